The molecular weight excluding hydrogens is 692 g/mol. The molecule has 15 atom stereocenters. The highest BCUT2D eigenvalue weighted by Gasteiger charge is 2.52. The molecule has 3 aliphatic rings. The van der Waals surface area contributed by atoms with E-state index in [9.17, 15) is 45.6 Å². The van der Waals surface area contributed by atoms with Gasteiger partial charge >= 0.3 is 0 Å². The summed E-state index contributed by atoms with van der Waals surface area (Å²) < 4.78 is 46.0. The van der Waals surface area contributed by atoms with Gasteiger partial charge in [-0.3, -0.25) is 4.79 Å². The molecule has 3 fully saturated rings. The second-order valence-corrected chi connectivity index (χ2v) is 13.3. The van der Waals surface area contributed by atoms with Gasteiger partial charge in [-0.05, 0) is 38.1 Å². The second-order valence-electron chi connectivity index (χ2n) is 13.3. The van der Waals surface area contributed by atoms with Crippen LogP contribution in [0.2, 0.25) is 0 Å². The number of benzene rings is 2. The fourth-order valence-corrected chi connectivity index (χ4v) is 6.40. The molecule has 0 unspecified atom stereocenters. The molecule has 6 rings (SSSR count). The maximum Gasteiger partial charge on any atom is 0.229 e. The highest BCUT2D eigenvalue weighted by atomic mass is 16.8. The van der Waals surface area contributed by atoms with E-state index in [1.54, 1.807) is 38.1 Å². The number of hydrogen-bond acceptors (Lipinski definition) is 17. The maximum atomic E-state index is 13.1. The van der Waals surface area contributed by atoms with Crippen LogP contribution in [0.3, 0.4) is 0 Å². The number of phenols is 1. The molecule has 8 N–H and O–H groups in total. The van der Waals surface area contributed by atoms with Gasteiger partial charge in [0.15, 0.2) is 24.1 Å². The fourth-order valence-electron chi connectivity index (χ4n) is 6.40. The number of hydrogen-bond donors (Lipinski definition) is 8. The van der Waals surface area contributed by atoms with Crippen LogP contribution in [0.15, 0.2) is 51.7 Å². The van der Waals surface area contributed by atoms with Crippen LogP contribution in [0.5, 0.6) is 17.2 Å². The molecule has 3 aromatic rings. The van der Waals surface area contributed by atoms with E-state index in [2.05, 4.69) is 0 Å². The molecule has 0 radical (unpaired) electrons. The topological polar surface area (TPSA) is 257 Å². The van der Waals surface area contributed by atoms with Gasteiger partial charge in [0.2, 0.25) is 6.29 Å². The van der Waals surface area contributed by atoms with Crippen LogP contribution < -0.4 is 14.9 Å². The molecule has 3 saturated heterocycles. The lowest BCUT2D eigenvalue weighted by molar-refractivity contribution is -0.359. The molecule has 17 nitrogen and oxygen atoms in total. The number of fused-ring (bicyclic) bond motifs is 1. The minimum atomic E-state index is -1.84. The molecule has 0 amide bonds. The number of aliphatic hydroxyl groups is 7. The monoisotopic (exact) mass is 736 g/mol. The summed E-state index contributed by atoms with van der Waals surface area (Å²) in [5.41, 5.74) is -0.101. The van der Waals surface area contributed by atoms with E-state index in [1.807, 2.05) is 0 Å². The van der Waals surface area contributed by atoms with Crippen molar-refractivity contribution in [3.8, 4) is 28.6 Å². The van der Waals surface area contributed by atoms with Gasteiger partial charge in [-0.15, -0.1) is 0 Å². The molecule has 4 heterocycles. The normalized spacial score (nSPS) is 38.2. The first-order chi connectivity index (χ1) is 24.7. The third-order valence-electron chi connectivity index (χ3n) is 9.84. The van der Waals surface area contributed by atoms with E-state index >= 15 is 0 Å². The van der Waals surface area contributed by atoms with Crippen molar-refractivity contribution in [3.05, 3.63) is 52.7 Å². The highest BCUT2D eigenvalue weighted by Crippen LogP contribution is 2.36. The molecule has 286 valence electrons. The lowest BCUT2D eigenvalue weighted by atomic mass is 9.92. The zero-order chi connectivity index (χ0) is 37.6. The van der Waals surface area contributed by atoms with E-state index in [0.29, 0.717) is 11.3 Å². The molecule has 1 aromatic heterocycles. The van der Waals surface area contributed by atoms with Crippen molar-refractivity contribution in [3.63, 3.8) is 0 Å². The molecule has 0 saturated carbocycles. The Kier molecular flexibility index (Phi) is 11.4. The Balaban J connectivity index is 1.30. The Morgan fingerprint density at radius 3 is 2.06 bits per heavy atom. The Labute approximate surface area is 297 Å². The fraction of sp³-hybridized carbons (Fsp3) is 0.571. The first-order valence-corrected chi connectivity index (χ1v) is 16.8. The van der Waals surface area contributed by atoms with Crippen LogP contribution >= 0.6 is 0 Å². The zero-order valence-corrected chi connectivity index (χ0v) is 28.7. The standard InChI is InChI=1S/C35H44O17/c1-13-14(2)47-33(30(43)25(13)38)46-12-23-27(40)29(42)32(52-34-31(44)28(41)26(39)15(3)48-34)35(51-23)49-18-9-19(36)24-20(37)11-21(50-22(24)10-18)16-5-7-17(45-4)8-6-16/h5-11,13-15,23,25-36,38-44H,12H2,1-4H3/t13-,14-,15-,23+,25+,26-,27+,28+,29-,30+,31+,32+,33+,34-,35+/m0/s1. The zero-order valence-electron chi connectivity index (χ0n) is 28.7. The Morgan fingerprint density at radius 1 is 0.692 bits per heavy atom. The van der Waals surface area contributed by atoms with Crippen molar-refractivity contribution in [1.82, 2.24) is 0 Å². The van der Waals surface area contributed by atoms with E-state index in [0.717, 1.165) is 6.07 Å². The number of phenolic OH excluding ortho intramolecular Hbond substituents is 1. The summed E-state index contributed by atoms with van der Waals surface area (Å²) in [7, 11) is 1.51. The van der Waals surface area contributed by atoms with Gasteiger partial charge in [0.1, 0.15) is 76.7 Å². The molecule has 17 heteroatoms. The van der Waals surface area contributed by atoms with Crippen molar-refractivity contribution >= 4 is 11.0 Å². The van der Waals surface area contributed by atoms with E-state index in [-0.39, 0.29) is 22.5 Å². The van der Waals surface area contributed by atoms with Crippen LogP contribution in [0.1, 0.15) is 20.8 Å². The van der Waals surface area contributed by atoms with Crippen LogP contribution in [0, 0.1) is 5.92 Å². The van der Waals surface area contributed by atoms with Gasteiger partial charge in [-0.1, -0.05) is 6.92 Å². The van der Waals surface area contributed by atoms with Crippen molar-refractivity contribution in [2.45, 2.75) is 107 Å². The van der Waals surface area contributed by atoms with Crippen molar-refractivity contribution < 1.29 is 78.4 Å². The van der Waals surface area contributed by atoms with Gasteiger partial charge in [0, 0.05) is 29.7 Å². The number of rotatable bonds is 9. The predicted molar refractivity (Wildman–Crippen MR) is 176 cm³/mol. The summed E-state index contributed by atoms with van der Waals surface area (Å²) in [4.78, 5) is 13.1. The average Bonchev–Trinajstić information content (AvgIpc) is 3.12. The molecular formula is C35H44O17. The van der Waals surface area contributed by atoms with Gasteiger partial charge in [-0.25, -0.2) is 0 Å². The quantitative estimate of drug-likeness (QED) is 0.136. The average molecular weight is 737 g/mol. The number of aromatic hydroxyl groups is 1. The van der Waals surface area contributed by atoms with E-state index < -0.39 is 110 Å². The van der Waals surface area contributed by atoms with Crippen LogP contribution in [0.25, 0.3) is 22.3 Å². The number of ether oxygens (including phenoxy) is 7. The number of methoxy groups -OCH3 is 1. The molecule has 0 bridgehead atoms. The van der Waals surface area contributed by atoms with Crippen LogP contribution in [0.4, 0.5) is 0 Å². The minimum absolute atomic E-state index is 0.0793. The summed E-state index contributed by atoms with van der Waals surface area (Å²) in [6.07, 6.45) is -20.3. The lowest BCUT2D eigenvalue weighted by Gasteiger charge is -2.46. The van der Waals surface area contributed by atoms with E-state index in [1.165, 1.54) is 26.2 Å². The third-order valence-corrected chi connectivity index (χ3v) is 9.84. The first kappa shape index (κ1) is 38.3. The van der Waals surface area contributed by atoms with Gasteiger partial charge in [-0.2, -0.15) is 0 Å². The SMILES string of the molecule is COc1ccc(-c2cc(=O)c3c(O)cc(O[C@@H]4O[C@H](CO[C@@H]5O[C@@H](C)[C@H](C)[C@@H](O)[C@H]5O)[C@@H](O)[C@H](O)[C@H]4O[C@@H]4O[C@@H](C)[C@H](O)[C@@H](O)[C@H]4O)cc3o2)cc1. The predicted octanol–water partition coefficient (Wildman–Crippen LogP) is -0.668. The molecule has 2 aromatic carbocycles. The van der Waals surface area contributed by atoms with E-state index in [4.69, 9.17) is 37.6 Å². The Morgan fingerprint density at radius 2 is 1.37 bits per heavy atom. The largest absolute Gasteiger partial charge is 0.507 e. The molecule has 0 spiro atoms. The third kappa shape index (κ3) is 7.50. The minimum Gasteiger partial charge on any atom is -0.507 e. The van der Waals surface area contributed by atoms with Crippen molar-refractivity contribution in [1.29, 1.82) is 0 Å². The summed E-state index contributed by atoms with van der Waals surface area (Å²) >= 11 is 0. The summed E-state index contributed by atoms with van der Waals surface area (Å²) in [6, 6.07) is 10.3. The summed E-state index contributed by atoms with van der Waals surface area (Å²) in [5, 5.41) is 85.3. The maximum absolute atomic E-state index is 13.1. The van der Waals surface area contributed by atoms with Gasteiger partial charge in [0.25, 0.3) is 0 Å². The molecule has 0 aliphatic carbocycles. The first-order valence-electron chi connectivity index (χ1n) is 16.8. The van der Waals surface area contributed by atoms with Gasteiger partial charge in [0.05, 0.1) is 32.0 Å². The molecule has 3 aliphatic heterocycles. The Bertz CT molecular complexity index is 1730. The highest BCUT2D eigenvalue weighted by molar-refractivity contribution is 5.86. The van der Waals surface area contributed by atoms with Crippen molar-refractivity contribution in [2.24, 2.45) is 5.92 Å². The van der Waals surface area contributed by atoms with Gasteiger partial charge < -0.3 is 78.4 Å². The Hall–Kier alpha value is -3.43. The van der Waals surface area contributed by atoms with Crippen molar-refractivity contribution in [2.75, 3.05) is 13.7 Å². The smallest absolute Gasteiger partial charge is 0.229 e. The second kappa shape index (κ2) is 15.5. The van der Waals surface area contributed by atoms with Crippen LogP contribution in [-0.2, 0) is 23.7 Å². The molecule has 52 heavy (non-hydrogen) atoms. The number of aliphatic hydroxyl groups excluding tert-OH is 7. The lowest BCUT2D eigenvalue weighted by Crippen LogP contribution is -2.65. The summed E-state index contributed by atoms with van der Waals surface area (Å²) in [6.45, 7) is 4.32. The van der Waals surface area contributed by atoms with Crippen LogP contribution in [-0.4, -0.2) is 141 Å². The summed E-state index contributed by atoms with van der Waals surface area (Å²) in [5.74, 6) is -0.317.